The van der Waals surface area contributed by atoms with Crippen LogP contribution in [0.5, 0.6) is 0 Å². The largest absolute Gasteiger partial charge is 0.462 e. The average molecular weight is 448 g/mol. The summed E-state index contributed by atoms with van der Waals surface area (Å²) in [7, 11) is 0. The highest BCUT2D eigenvalue weighted by Gasteiger charge is 2.15. The van der Waals surface area contributed by atoms with E-state index in [4.69, 9.17) is 4.74 Å². The van der Waals surface area contributed by atoms with Gasteiger partial charge in [0.25, 0.3) is 0 Å². The van der Waals surface area contributed by atoms with Crippen LogP contribution in [-0.4, -0.2) is 28.7 Å². The first-order valence-electron chi connectivity index (χ1n) is 11.2. The summed E-state index contributed by atoms with van der Waals surface area (Å²) in [6, 6.07) is 18.9. The topological polar surface area (TPSA) is 47.4 Å². The fourth-order valence-corrected chi connectivity index (χ4v) is 4.71. The van der Waals surface area contributed by atoms with E-state index in [-0.39, 0.29) is 5.97 Å². The van der Waals surface area contributed by atoms with Crippen molar-refractivity contribution < 1.29 is 9.53 Å². The molecule has 0 saturated heterocycles. The third kappa shape index (κ3) is 5.19. The first kappa shape index (κ1) is 22.1. The summed E-state index contributed by atoms with van der Waals surface area (Å²) in [4.78, 5) is 19.6. The molecule has 2 aromatic carbocycles. The molecular formula is C26H29N3O2S. The van der Waals surface area contributed by atoms with Crippen molar-refractivity contribution in [1.29, 1.82) is 0 Å². The Morgan fingerprint density at radius 2 is 1.97 bits per heavy atom. The van der Waals surface area contributed by atoms with Crippen LogP contribution in [-0.2, 0) is 17.8 Å². The standard InChI is InChI=1S/C26H29N3O2S/c1-3-5-13-28(18-23-16-27-19-29(23)17-20-9-7-6-8-10-20)22-11-12-24-21(14-22)15-25(32-24)26(30)31-4-2/h6-12,14-16,19H,3-5,13,17-18H2,1-2H3. The van der Waals surface area contributed by atoms with Gasteiger partial charge in [-0.2, -0.15) is 0 Å². The minimum atomic E-state index is -0.247. The van der Waals surface area contributed by atoms with Gasteiger partial charge < -0.3 is 14.2 Å². The van der Waals surface area contributed by atoms with Crippen LogP contribution in [0.25, 0.3) is 10.1 Å². The van der Waals surface area contributed by atoms with Crippen molar-refractivity contribution in [2.75, 3.05) is 18.1 Å². The van der Waals surface area contributed by atoms with E-state index in [1.54, 1.807) is 0 Å². The number of benzene rings is 2. The van der Waals surface area contributed by atoms with Crippen molar-refractivity contribution in [2.24, 2.45) is 0 Å². The second kappa shape index (κ2) is 10.5. The molecule has 4 rings (SSSR count). The Balaban J connectivity index is 1.58. The van der Waals surface area contributed by atoms with Crippen LogP contribution >= 0.6 is 11.3 Å². The van der Waals surface area contributed by atoms with Crippen molar-refractivity contribution in [2.45, 2.75) is 39.8 Å². The predicted molar refractivity (Wildman–Crippen MR) is 132 cm³/mol. The number of thiophene rings is 1. The van der Waals surface area contributed by atoms with E-state index >= 15 is 0 Å². The van der Waals surface area contributed by atoms with Crippen molar-refractivity contribution in [3.8, 4) is 0 Å². The van der Waals surface area contributed by atoms with Crippen molar-refractivity contribution in [1.82, 2.24) is 9.55 Å². The lowest BCUT2D eigenvalue weighted by atomic mass is 10.2. The van der Waals surface area contributed by atoms with Gasteiger partial charge in [-0.3, -0.25) is 0 Å². The molecule has 6 heteroatoms. The number of fused-ring (bicyclic) bond motifs is 1. The molecule has 0 aliphatic heterocycles. The zero-order chi connectivity index (χ0) is 22.3. The maximum absolute atomic E-state index is 12.1. The highest BCUT2D eigenvalue weighted by molar-refractivity contribution is 7.20. The maximum atomic E-state index is 12.1. The summed E-state index contributed by atoms with van der Waals surface area (Å²) < 4.78 is 8.49. The minimum Gasteiger partial charge on any atom is -0.462 e. The number of carbonyl (C=O) groups is 1. The molecule has 0 radical (unpaired) electrons. The van der Waals surface area contributed by atoms with Gasteiger partial charge in [0, 0.05) is 29.7 Å². The molecule has 4 aromatic rings. The monoisotopic (exact) mass is 447 g/mol. The van der Waals surface area contributed by atoms with E-state index in [9.17, 15) is 4.79 Å². The fraction of sp³-hybridized carbons (Fsp3) is 0.308. The van der Waals surface area contributed by atoms with Gasteiger partial charge in [0.15, 0.2) is 0 Å². The number of ether oxygens (including phenoxy) is 1. The Morgan fingerprint density at radius 1 is 1.12 bits per heavy atom. The second-order valence-corrected chi connectivity index (χ2v) is 8.91. The Hall–Kier alpha value is -3.12. The number of aromatic nitrogens is 2. The average Bonchev–Trinajstić information content (AvgIpc) is 3.43. The highest BCUT2D eigenvalue weighted by Crippen LogP contribution is 2.31. The molecule has 0 atom stereocenters. The van der Waals surface area contributed by atoms with Crippen LogP contribution in [0, 0.1) is 0 Å². The summed E-state index contributed by atoms with van der Waals surface area (Å²) in [5, 5.41) is 1.08. The molecule has 0 aliphatic carbocycles. The van der Waals surface area contributed by atoms with E-state index in [1.165, 1.54) is 22.6 Å². The molecule has 0 aliphatic rings. The third-order valence-corrected chi connectivity index (χ3v) is 6.57. The van der Waals surface area contributed by atoms with Crippen molar-refractivity contribution >= 4 is 33.1 Å². The van der Waals surface area contributed by atoms with Crippen LogP contribution < -0.4 is 4.90 Å². The smallest absolute Gasteiger partial charge is 0.348 e. The molecule has 2 aromatic heterocycles. The molecule has 32 heavy (non-hydrogen) atoms. The van der Waals surface area contributed by atoms with Crippen LogP contribution in [0.2, 0.25) is 0 Å². The summed E-state index contributed by atoms with van der Waals surface area (Å²) in [5.41, 5.74) is 3.60. The van der Waals surface area contributed by atoms with Gasteiger partial charge in [0.1, 0.15) is 4.88 Å². The molecular weight excluding hydrogens is 418 g/mol. The molecule has 0 amide bonds. The molecule has 0 fully saturated rings. The normalized spacial score (nSPS) is 11.1. The van der Waals surface area contributed by atoms with Gasteiger partial charge >= 0.3 is 5.97 Å². The quantitative estimate of drug-likeness (QED) is 0.274. The van der Waals surface area contributed by atoms with Gasteiger partial charge in [-0.05, 0) is 48.6 Å². The van der Waals surface area contributed by atoms with Crippen LogP contribution in [0.4, 0.5) is 5.69 Å². The summed E-state index contributed by atoms with van der Waals surface area (Å²) in [6.07, 6.45) is 6.12. The maximum Gasteiger partial charge on any atom is 0.348 e. The van der Waals surface area contributed by atoms with E-state index in [1.807, 2.05) is 31.6 Å². The number of carbonyl (C=O) groups excluding carboxylic acids is 1. The molecule has 2 heterocycles. The number of hydrogen-bond acceptors (Lipinski definition) is 5. The van der Waals surface area contributed by atoms with E-state index in [2.05, 4.69) is 63.8 Å². The van der Waals surface area contributed by atoms with E-state index < -0.39 is 0 Å². The number of imidazole rings is 1. The van der Waals surface area contributed by atoms with E-state index in [0.717, 1.165) is 48.2 Å². The van der Waals surface area contributed by atoms with Crippen molar-refractivity contribution in [3.63, 3.8) is 0 Å². The molecule has 0 saturated carbocycles. The Bertz CT molecular complexity index is 1170. The van der Waals surface area contributed by atoms with Gasteiger partial charge in [-0.25, -0.2) is 9.78 Å². The van der Waals surface area contributed by atoms with Crippen LogP contribution in [0.1, 0.15) is 47.6 Å². The Morgan fingerprint density at radius 3 is 2.75 bits per heavy atom. The lowest BCUT2D eigenvalue weighted by molar-refractivity contribution is 0.0532. The van der Waals surface area contributed by atoms with Gasteiger partial charge in [0.05, 0.1) is 25.2 Å². The number of rotatable bonds is 10. The van der Waals surface area contributed by atoms with Crippen molar-refractivity contribution in [3.05, 3.63) is 83.3 Å². The molecule has 166 valence electrons. The number of nitrogens with zero attached hydrogens (tertiary/aromatic N) is 3. The van der Waals surface area contributed by atoms with Gasteiger partial charge in [0.2, 0.25) is 0 Å². The fourth-order valence-electron chi connectivity index (χ4n) is 3.78. The number of esters is 1. The SMILES string of the molecule is CCCCN(Cc1cncn1Cc1ccccc1)c1ccc2sc(C(=O)OCC)cc2c1. The van der Waals surface area contributed by atoms with E-state index in [0.29, 0.717) is 11.5 Å². The molecule has 0 N–H and O–H groups in total. The highest BCUT2D eigenvalue weighted by atomic mass is 32.1. The Kier molecular flexibility index (Phi) is 7.22. The number of unbranched alkanes of at least 4 members (excludes halogenated alkanes) is 1. The summed E-state index contributed by atoms with van der Waals surface area (Å²) >= 11 is 1.49. The van der Waals surface area contributed by atoms with Crippen LogP contribution in [0.15, 0.2) is 67.1 Å². The lowest BCUT2D eigenvalue weighted by Gasteiger charge is -2.25. The van der Waals surface area contributed by atoms with Gasteiger partial charge in [-0.1, -0.05) is 43.7 Å². The predicted octanol–water partition coefficient (Wildman–Crippen LogP) is 6.13. The molecule has 5 nitrogen and oxygen atoms in total. The number of hydrogen-bond donors (Lipinski definition) is 0. The number of anilines is 1. The zero-order valence-electron chi connectivity index (χ0n) is 18.7. The molecule has 0 unspecified atom stereocenters. The first-order valence-corrected chi connectivity index (χ1v) is 12.0. The van der Waals surface area contributed by atoms with Gasteiger partial charge in [-0.15, -0.1) is 11.3 Å². The first-order chi connectivity index (χ1) is 15.7. The lowest BCUT2D eigenvalue weighted by Crippen LogP contribution is -2.25. The van der Waals surface area contributed by atoms with Crippen LogP contribution in [0.3, 0.4) is 0 Å². The second-order valence-electron chi connectivity index (χ2n) is 7.83. The minimum absolute atomic E-state index is 0.247. The Labute approximate surface area is 193 Å². The summed E-state index contributed by atoms with van der Waals surface area (Å²) in [6.45, 7) is 6.99. The molecule has 0 bridgehead atoms. The third-order valence-electron chi connectivity index (χ3n) is 5.47. The molecule has 0 spiro atoms. The zero-order valence-corrected chi connectivity index (χ0v) is 19.5. The summed E-state index contributed by atoms with van der Waals surface area (Å²) in [5.74, 6) is -0.247.